The largest absolute Gasteiger partial charge is 0.397 e. The average molecular weight is 740 g/mol. The van der Waals surface area contributed by atoms with Crippen molar-refractivity contribution in [3.05, 3.63) is 24.3 Å². The van der Waals surface area contributed by atoms with Crippen molar-refractivity contribution in [1.29, 1.82) is 0 Å². The van der Waals surface area contributed by atoms with Crippen LogP contribution in [0, 0.1) is 0 Å². The molecule has 0 saturated carbocycles. The smallest absolute Gasteiger partial charge is 0.357 e. The van der Waals surface area contributed by atoms with Crippen LogP contribution < -0.4 is 5.32 Å². The second-order valence-electron chi connectivity index (χ2n) is 14.8. The first-order chi connectivity index (χ1) is 24.8. The predicted octanol–water partition coefficient (Wildman–Crippen LogP) is 12.6. The number of allylic oxidation sites excluding steroid dienone is 4. The van der Waals surface area contributed by atoms with E-state index >= 15 is 0 Å². The van der Waals surface area contributed by atoms with Gasteiger partial charge in [-0.05, 0) is 77.7 Å². The van der Waals surface area contributed by atoms with Crippen molar-refractivity contribution in [3.8, 4) is 0 Å². The van der Waals surface area contributed by atoms with Gasteiger partial charge in [-0.25, -0.2) is 0 Å². The number of hydrogen-bond donors (Lipinski definition) is 2. The number of nitrogens with zero attached hydrogens (tertiary/aromatic N) is 2. The molecule has 1 heterocycles. The molecule has 0 aromatic rings. The van der Waals surface area contributed by atoms with E-state index in [9.17, 15) is 8.42 Å². The van der Waals surface area contributed by atoms with Gasteiger partial charge < -0.3 is 10.2 Å². The molecular weight excluding hydrogens is 655 g/mol. The molecule has 1 rings (SSSR count). The van der Waals surface area contributed by atoms with Crippen LogP contribution in [0.15, 0.2) is 29.3 Å². The van der Waals surface area contributed by atoms with Crippen molar-refractivity contribution < 1.29 is 17.2 Å². The lowest BCUT2D eigenvalue weighted by molar-refractivity contribution is 0.324. The Morgan fingerprint density at radius 2 is 1.04 bits per heavy atom. The van der Waals surface area contributed by atoms with E-state index in [1.54, 1.807) is 0 Å². The summed E-state index contributed by atoms with van der Waals surface area (Å²) < 4.78 is 29.7. The Morgan fingerprint density at radius 1 is 0.667 bits per heavy atom. The van der Waals surface area contributed by atoms with Crippen LogP contribution >= 0.6 is 0 Å². The molecule has 7 nitrogen and oxygen atoms in total. The van der Waals surface area contributed by atoms with Crippen LogP contribution in [0.2, 0.25) is 0 Å². The molecule has 2 N–H and O–H groups in total. The fourth-order valence-electron chi connectivity index (χ4n) is 6.61. The summed E-state index contributed by atoms with van der Waals surface area (Å²) in [7, 11) is -3.29. The molecule has 0 aliphatic carbocycles. The maximum Gasteiger partial charge on any atom is 0.397 e. The summed E-state index contributed by atoms with van der Waals surface area (Å²) in [5, 5.41) is 3.79. The lowest BCUT2D eigenvalue weighted by Crippen LogP contribution is -2.41. The monoisotopic (exact) mass is 740 g/mol. The highest BCUT2D eigenvalue weighted by Gasteiger charge is 2.18. The molecule has 0 fully saturated rings. The van der Waals surface area contributed by atoms with E-state index in [1.807, 2.05) is 0 Å². The molecule has 1 aliphatic heterocycles. The molecule has 0 aromatic carbocycles. The SMILES string of the molecule is CCCCCCCC/C=C\CCCCCCCCNC(C)CN1CCN=C1CCCCCCCC/C=C\CCCCCCCC.COS(=O)(=O)O. The number of rotatable bonds is 36. The highest BCUT2D eigenvalue weighted by molar-refractivity contribution is 7.80. The number of nitrogens with one attached hydrogen (secondary N) is 1. The average Bonchev–Trinajstić information content (AvgIpc) is 3.55. The highest BCUT2D eigenvalue weighted by Crippen LogP contribution is 2.14. The first-order valence-corrected chi connectivity index (χ1v) is 23.0. The van der Waals surface area contributed by atoms with E-state index in [0.717, 1.165) is 33.3 Å². The van der Waals surface area contributed by atoms with E-state index < -0.39 is 10.4 Å². The molecule has 0 spiro atoms. The topological polar surface area (TPSA) is 91.2 Å². The Bertz CT molecular complexity index is 922. The molecule has 0 aromatic heterocycles. The van der Waals surface area contributed by atoms with Crippen LogP contribution in [0.5, 0.6) is 0 Å². The molecule has 0 saturated heterocycles. The summed E-state index contributed by atoms with van der Waals surface area (Å²) in [6.07, 6.45) is 49.5. The fourth-order valence-corrected chi connectivity index (χ4v) is 6.61. The third kappa shape index (κ3) is 38.3. The first-order valence-electron chi connectivity index (χ1n) is 21.7. The van der Waals surface area contributed by atoms with E-state index in [2.05, 4.69) is 59.5 Å². The standard InChI is InChI=1S/C42H81N3.CH4O4S/c1-4-6-8-10-12-14-16-18-20-22-24-26-28-30-32-34-36-42-44-38-39-45(42)40-41(3)43-37-35-33-31-29-27-25-23-21-19-17-15-13-11-9-7-5-2;1-5-6(2,3)4/h18-21,41,43H,4-17,22-40H2,1-3H3;1H3,(H,2,3,4)/b20-18-,21-19-;. The third-order valence-electron chi connectivity index (χ3n) is 9.83. The minimum atomic E-state index is -4.16. The Balaban J connectivity index is 0.00000381. The van der Waals surface area contributed by atoms with Gasteiger partial charge in [0.2, 0.25) is 0 Å². The van der Waals surface area contributed by atoms with Crippen LogP contribution in [0.3, 0.4) is 0 Å². The van der Waals surface area contributed by atoms with Crippen molar-refractivity contribution in [2.75, 3.05) is 33.3 Å². The van der Waals surface area contributed by atoms with Gasteiger partial charge in [0.25, 0.3) is 0 Å². The second-order valence-corrected chi connectivity index (χ2v) is 16.0. The third-order valence-corrected chi connectivity index (χ3v) is 10.2. The van der Waals surface area contributed by atoms with Gasteiger partial charge in [0.1, 0.15) is 0 Å². The Labute approximate surface area is 318 Å². The van der Waals surface area contributed by atoms with Crippen LogP contribution in [0.4, 0.5) is 0 Å². The van der Waals surface area contributed by atoms with Crippen molar-refractivity contribution in [2.24, 2.45) is 4.99 Å². The summed E-state index contributed by atoms with van der Waals surface area (Å²) in [6.45, 7) is 11.4. The number of aliphatic imine (C=N–C) groups is 1. The minimum absolute atomic E-state index is 0.552. The number of unbranched alkanes of at least 4 members (excludes halogenated alkanes) is 24. The Kier molecular flexibility index (Phi) is 37.6. The molecule has 1 atom stereocenters. The molecule has 0 radical (unpaired) electrons. The first kappa shape index (κ1) is 49.8. The van der Waals surface area contributed by atoms with E-state index in [1.165, 1.54) is 192 Å². The summed E-state index contributed by atoms with van der Waals surface area (Å²) in [6, 6.07) is 0.552. The zero-order valence-electron chi connectivity index (χ0n) is 34.2. The van der Waals surface area contributed by atoms with E-state index in [-0.39, 0.29) is 0 Å². The van der Waals surface area contributed by atoms with Gasteiger partial charge in [0, 0.05) is 25.6 Å². The number of hydrogen-bond acceptors (Lipinski definition) is 6. The quantitative estimate of drug-likeness (QED) is 0.0378. The van der Waals surface area contributed by atoms with Crippen molar-refractivity contribution >= 4 is 16.2 Å². The lowest BCUT2D eigenvalue weighted by Gasteiger charge is -2.25. The van der Waals surface area contributed by atoms with Gasteiger partial charge in [-0.1, -0.05) is 154 Å². The summed E-state index contributed by atoms with van der Waals surface area (Å²) in [5.74, 6) is 1.39. The molecule has 8 heteroatoms. The summed E-state index contributed by atoms with van der Waals surface area (Å²) in [5.41, 5.74) is 0. The van der Waals surface area contributed by atoms with Gasteiger partial charge in [-0.15, -0.1) is 0 Å². The molecule has 1 unspecified atom stereocenters. The van der Waals surface area contributed by atoms with Crippen molar-refractivity contribution in [1.82, 2.24) is 10.2 Å². The maximum atomic E-state index is 9.33. The number of amidine groups is 1. The van der Waals surface area contributed by atoms with Crippen molar-refractivity contribution in [2.45, 2.75) is 213 Å². The predicted molar refractivity (Wildman–Crippen MR) is 223 cm³/mol. The molecular formula is C43H85N3O4S. The molecule has 51 heavy (non-hydrogen) atoms. The maximum absolute atomic E-state index is 9.33. The Hall–Kier alpha value is -1.22. The zero-order chi connectivity index (χ0) is 37.5. The van der Waals surface area contributed by atoms with Gasteiger partial charge in [-0.3, -0.25) is 13.7 Å². The fraction of sp³-hybridized carbons (Fsp3) is 0.884. The van der Waals surface area contributed by atoms with Crippen LogP contribution in [0.1, 0.15) is 207 Å². The molecule has 302 valence electrons. The molecule has 1 aliphatic rings. The second kappa shape index (κ2) is 38.5. The van der Waals surface area contributed by atoms with E-state index in [0.29, 0.717) is 6.04 Å². The van der Waals surface area contributed by atoms with Crippen LogP contribution in [0.25, 0.3) is 0 Å². The van der Waals surface area contributed by atoms with E-state index in [4.69, 9.17) is 9.55 Å². The molecule has 0 amide bonds. The highest BCUT2D eigenvalue weighted by atomic mass is 32.3. The summed E-state index contributed by atoms with van der Waals surface area (Å²) in [4.78, 5) is 7.43. The van der Waals surface area contributed by atoms with Gasteiger partial charge >= 0.3 is 10.4 Å². The van der Waals surface area contributed by atoms with Gasteiger partial charge in [-0.2, -0.15) is 8.42 Å². The summed E-state index contributed by atoms with van der Waals surface area (Å²) >= 11 is 0. The zero-order valence-corrected chi connectivity index (χ0v) is 35.0. The van der Waals surface area contributed by atoms with Crippen molar-refractivity contribution in [3.63, 3.8) is 0 Å². The minimum Gasteiger partial charge on any atom is -0.357 e. The van der Waals surface area contributed by atoms with Gasteiger partial charge in [0.05, 0.1) is 19.5 Å². The Morgan fingerprint density at radius 3 is 1.45 bits per heavy atom. The van der Waals surface area contributed by atoms with Gasteiger partial charge in [0.15, 0.2) is 0 Å². The van der Waals surface area contributed by atoms with Crippen LogP contribution in [-0.4, -0.2) is 63.0 Å². The lowest BCUT2D eigenvalue weighted by atomic mass is 10.1. The van der Waals surface area contributed by atoms with Crippen LogP contribution in [-0.2, 0) is 14.6 Å². The molecule has 0 bridgehead atoms. The normalized spacial score (nSPS) is 14.1.